The van der Waals surface area contributed by atoms with Gasteiger partial charge in [-0.15, -0.1) is 0 Å². The fourth-order valence-corrected chi connectivity index (χ4v) is 4.02. The summed E-state index contributed by atoms with van der Waals surface area (Å²) in [5, 5.41) is 3.30. The highest BCUT2D eigenvalue weighted by molar-refractivity contribution is 5.65. The molecule has 5 rings (SSSR count). The van der Waals surface area contributed by atoms with Gasteiger partial charge in [-0.05, 0) is 54.3 Å². The Bertz CT molecular complexity index is 1110. The van der Waals surface area contributed by atoms with Crippen molar-refractivity contribution >= 4 is 17.7 Å². The Balaban J connectivity index is 1.26. The summed E-state index contributed by atoms with van der Waals surface area (Å²) >= 11 is 0. The third-order valence-electron chi connectivity index (χ3n) is 5.53. The average molecular weight is 415 g/mol. The number of nitrogens with zero attached hydrogens (tertiary/aromatic N) is 3. The average Bonchev–Trinajstić information content (AvgIpc) is 3.14. The van der Waals surface area contributed by atoms with Crippen LogP contribution in [-0.4, -0.2) is 41.2 Å². The van der Waals surface area contributed by atoms with Gasteiger partial charge in [0, 0.05) is 37.6 Å². The first-order valence-corrected chi connectivity index (χ1v) is 10.7. The van der Waals surface area contributed by atoms with Crippen LogP contribution in [0, 0.1) is 0 Å². The molecule has 0 saturated carbocycles. The number of hydrogen-bond acceptors (Lipinski definition) is 6. The number of benzene rings is 2. The molecule has 2 heterocycles. The highest BCUT2D eigenvalue weighted by atomic mass is 16.5. The van der Waals surface area contributed by atoms with Crippen molar-refractivity contribution in [3.8, 4) is 11.6 Å². The van der Waals surface area contributed by atoms with E-state index in [0.29, 0.717) is 11.8 Å². The van der Waals surface area contributed by atoms with Gasteiger partial charge in [-0.3, -0.25) is 4.90 Å². The number of rotatable bonds is 6. The molecule has 0 atom stereocenters. The Morgan fingerprint density at radius 2 is 2.00 bits per heavy atom. The first kappa shape index (κ1) is 19.7. The van der Waals surface area contributed by atoms with Gasteiger partial charge < -0.3 is 14.8 Å². The van der Waals surface area contributed by atoms with Crippen molar-refractivity contribution in [3.63, 3.8) is 0 Å². The highest BCUT2D eigenvalue weighted by Crippen LogP contribution is 2.30. The van der Waals surface area contributed by atoms with Crippen molar-refractivity contribution in [2.75, 3.05) is 31.6 Å². The van der Waals surface area contributed by atoms with Crippen molar-refractivity contribution < 1.29 is 9.47 Å². The van der Waals surface area contributed by atoms with Gasteiger partial charge >= 0.3 is 0 Å². The first-order chi connectivity index (χ1) is 15.2. The van der Waals surface area contributed by atoms with Crippen LogP contribution in [0.5, 0.6) is 11.6 Å². The lowest BCUT2D eigenvalue weighted by atomic mass is 10.1. The number of nitrogens with one attached hydrogen (secondary N) is 1. The third-order valence-corrected chi connectivity index (χ3v) is 5.53. The minimum absolute atomic E-state index is 0.512. The van der Waals surface area contributed by atoms with Crippen LogP contribution in [0.4, 0.5) is 11.6 Å². The van der Waals surface area contributed by atoms with E-state index in [-0.39, 0.29) is 0 Å². The number of hydrogen-bond donors (Lipinski definition) is 1. The van der Waals surface area contributed by atoms with Crippen LogP contribution in [0.1, 0.15) is 23.6 Å². The second kappa shape index (κ2) is 8.88. The van der Waals surface area contributed by atoms with Gasteiger partial charge in [0.15, 0.2) is 0 Å². The standard InChI is InChI=1S/C25H26N4O2/c1-18-13-20-5-6-23(16-21(20)14-18)31-24-7-8-26-25(28-24)27-22-4-2-3-19(15-22)17-29-9-11-30-12-10-29/h2-8,14-16H,9-13,17H2,1H3,(H,26,27,28). The molecular weight excluding hydrogens is 388 g/mol. The lowest BCUT2D eigenvalue weighted by Crippen LogP contribution is -2.35. The zero-order chi connectivity index (χ0) is 21.0. The van der Waals surface area contributed by atoms with E-state index in [1.165, 1.54) is 22.3 Å². The molecule has 1 aliphatic carbocycles. The maximum absolute atomic E-state index is 6.00. The van der Waals surface area contributed by atoms with E-state index in [4.69, 9.17) is 9.47 Å². The summed E-state index contributed by atoms with van der Waals surface area (Å²) in [6.07, 6.45) is 4.93. The fourth-order valence-electron chi connectivity index (χ4n) is 4.02. The zero-order valence-electron chi connectivity index (χ0n) is 17.7. The van der Waals surface area contributed by atoms with Crippen LogP contribution in [0.25, 0.3) is 6.08 Å². The van der Waals surface area contributed by atoms with Crippen molar-refractivity contribution in [1.82, 2.24) is 14.9 Å². The lowest BCUT2D eigenvalue weighted by molar-refractivity contribution is 0.0342. The van der Waals surface area contributed by atoms with E-state index < -0.39 is 0 Å². The molecule has 2 aliphatic rings. The summed E-state index contributed by atoms with van der Waals surface area (Å²) < 4.78 is 11.4. The SMILES string of the molecule is CC1=Cc2cc(Oc3ccnc(Nc4cccc(CN5CCOCC5)c4)n3)ccc2C1. The van der Waals surface area contributed by atoms with Gasteiger partial charge in [0.1, 0.15) is 5.75 Å². The molecular formula is C25H26N4O2. The largest absolute Gasteiger partial charge is 0.439 e. The van der Waals surface area contributed by atoms with Crippen molar-refractivity contribution in [3.05, 3.63) is 77.0 Å². The number of fused-ring (bicyclic) bond motifs is 1. The number of aromatic nitrogens is 2. The van der Waals surface area contributed by atoms with Gasteiger partial charge in [-0.25, -0.2) is 4.98 Å². The Morgan fingerprint density at radius 3 is 2.90 bits per heavy atom. The van der Waals surface area contributed by atoms with E-state index >= 15 is 0 Å². The van der Waals surface area contributed by atoms with E-state index in [0.717, 1.165) is 50.7 Å². The van der Waals surface area contributed by atoms with Gasteiger partial charge in [0.2, 0.25) is 11.8 Å². The molecule has 3 aromatic rings. The predicted octanol–water partition coefficient (Wildman–Crippen LogP) is 4.80. The molecule has 1 N–H and O–H groups in total. The van der Waals surface area contributed by atoms with E-state index in [9.17, 15) is 0 Å². The Hall–Kier alpha value is -3.22. The molecule has 1 fully saturated rings. The predicted molar refractivity (Wildman–Crippen MR) is 122 cm³/mol. The second-order valence-electron chi connectivity index (χ2n) is 8.06. The molecule has 1 aliphatic heterocycles. The van der Waals surface area contributed by atoms with E-state index in [1.54, 1.807) is 12.3 Å². The number of anilines is 2. The van der Waals surface area contributed by atoms with Crippen LogP contribution in [0.2, 0.25) is 0 Å². The topological polar surface area (TPSA) is 59.5 Å². The lowest BCUT2D eigenvalue weighted by Gasteiger charge is -2.26. The van der Waals surface area contributed by atoms with Crippen LogP contribution in [0.15, 0.2) is 60.3 Å². The van der Waals surface area contributed by atoms with Crippen molar-refractivity contribution in [1.29, 1.82) is 0 Å². The molecule has 158 valence electrons. The molecule has 0 amide bonds. The van der Waals surface area contributed by atoms with Crippen LogP contribution >= 0.6 is 0 Å². The molecule has 0 unspecified atom stereocenters. The number of ether oxygens (including phenoxy) is 2. The van der Waals surface area contributed by atoms with Crippen molar-refractivity contribution in [2.45, 2.75) is 19.9 Å². The van der Waals surface area contributed by atoms with Gasteiger partial charge in [0.25, 0.3) is 0 Å². The minimum Gasteiger partial charge on any atom is -0.439 e. The molecule has 1 aromatic heterocycles. The second-order valence-corrected chi connectivity index (χ2v) is 8.06. The first-order valence-electron chi connectivity index (χ1n) is 10.7. The highest BCUT2D eigenvalue weighted by Gasteiger charge is 2.12. The minimum atomic E-state index is 0.512. The molecule has 31 heavy (non-hydrogen) atoms. The third kappa shape index (κ3) is 4.93. The zero-order valence-corrected chi connectivity index (χ0v) is 17.7. The monoisotopic (exact) mass is 414 g/mol. The van der Waals surface area contributed by atoms with Crippen LogP contribution in [0.3, 0.4) is 0 Å². The molecule has 0 spiro atoms. The van der Waals surface area contributed by atoms with E-state index in [1.807, 2.05) is 12.1 Å². The van der Waals surface area contributed by atoms with Crippen LogP contribution in [-0.2, 0) is 17.7 Å². The number of morpholine rings is 1. The summed E-state index contributed by atoms with van der Waals surface area (Å²) in [6, 6.07) is 16.3. The normalized spacial score (nSPS) is 16.0. The summed E-state index contributed by atoms with van der Waals surface area (Å²) in [6.45, 7) is 6.61. The molecule has 2 aromatic carbocycles. The maximum atomic E-state index is 6.00. The van der Waals surface area contributed by atoms with Gasteiger partial charge in [-0.2, -0.15) is 4.98 Å². The van der Waals surface area contributed by atoms with Gasteiger partial charge in [-0.1, -0.05) is 29.8 Å². The van der Waals surface area contributed by atoms with E-state index in [2.05, 4.69) is 63.5 Å². The summed E-state index contributed by atoms with van der Waals surface area (Å²) in [4.78, 5) is 11.3. The molecule has 0 radical (unpaired) electrons. The molecule has 6 nitrogen and oxygen atoms in total. The summed E-state index contributed by atoms with van der Waals surface area (Å²) in [5.74, 6) is 1.81. The molecule has 0 bridgehead atoms. The Morgan fingerprint density at radius 1 is 1.10 bits per heavy atom. The Labute approximate surface area is 182 Å². The van der Waals surface area contributed by atoms with Crippen LogP contribution < -0.4 is 10.1 Å². The fraction of sp³-hybridized carbons (Fsp3) is 0.280. The summed E-state index contributed by atoms with van der Waals surface area (Å²) in [7, 11) is 0. The number of allylic oxidation sites excluding steroid dienone is 1. The quantitative estimate of drug-likeness (QED) is 0.625. The summed E-state index contributed by atoms with van der Waals surface area (Å²) in [5.41, 5.74) is 6.14. The Kier molecular flexibility index (Phi) is 5.65. The smallest absolute Gasteiger partial charge is 0.230 e. The molecule has 1 saturated heterocycles. The van der Waals surface area contributed by atoms with Crippen molar-refractivity contribution in [2.24, 2.45) is 0 Å². The molecule has 6 heteroatoms. The van der Waals surface area contributed by atoms with Gasteiger partial charge in [0.05, 0.1) is 13.2 Å². The maximum Gasteiger partial charge on any atom is 0.230 e.